The summed E-state index contributed by atoms with van der Waals surface area (Å²) < 4.78 is 10.3. The number of esters is 1. The van der Waals surface area contributed by atoms with Crippen molar-refractivity contribution in [2.75, 3.05) is 46.9 Å². The van der Waals surface area contributed by atoms with Crippen LogP contribution in [0, 0.1) is 17.8 Å². The third-order valence-corrected chi connectivity index (χ3v) is 4.59. The van der Waals surface area contributed by atoms with Crippen molar-refractivity contribution in [1.82, 2.24) is 15.1 Å². The van der Waals surface area contributed by atoms with Crippen LogP contribution in [0.2, 0.25) is 0 Å². The van der Waals surface area contributed by atoms with Gasteiger partial charge in [-0.1, -0.05) is 13.8 Å². The maximum absolute atomic E-state index is 12.1. The van der Waals surface area contributed by atoms with Gasteiger partial charge in [-0.25, -0.2) is 4.79 Å². The molecule has 1 aliphatic heterocycles. The summed E-state index contributed by atoms with van der Waals surface area (Å²) in [6.45, 7) is 14.9. The molecule has 0 bridgehead atoms. The number of amides is 1. The number of carbonyl (C=O) groups is 2. The summed E-state index contributed by atoms with van der Waals surface area (Å²) in [7, 11) is 3.17. The lowest BCUT2D eigenvalue weighted by atomic mass is 9.99. The molecule has 0 aromatic heterocycles. The van der Waals surface area contributed by atoms with Gasteiger partial charge in [0.2, 0.25) is 0 Å². The number of methoxy groups -OCH3 is 1. The maximum atomic E-state index is 12.1. The Kier molecular flexibility index (Phi) is 11.9. The van der Waals surface area contributed by atoms with Gasteiger partial charge >= 0.3 is 12.1 Å². The van der Waals surface area contributed by atoms with Gasteiger partial charge in [-0.15, -0.1) is 24.0 Å². The molecule has 0 aliphatic carbocycles. The van der Waals surface area contributed by atoms with Crippen molar-refractivity contribution in [2.24, 2.45) is 22.7 Å². The van der Waals surface area contributed by atoms with Crippen LogP contribution in [-0.2, 0) is 14.3 Å². The molecule has 0 aromatic carbocycles. The molecule has 3 atom stereocenters. The molecule has 8 nitrogen and oxygen atoms in total. The Morgan fingerprint density at radius 3 is 2.45 bits per heavy atom. The Labute approximate surface area is 192 Å². The summed E-state index contributed by atoms with van der Waals surface area (Å²) >= 11 is 0. The van der Waals surface area contributed by atoms with Gasteiger partial charge in [0.15, 0.2) is 5.96 Å². The van der Waals surface area contributed by atoms with Gasteiger partial charge in [0.05, 0.1) is 13.0 Å². The van der Waals surface area contributed by atoms with Crippen LogP contribution in [0.25, 0.3) is 0 Å². The number of carbonyl (C=O) groups excluding carboxylic acids is 2. The monoisotopic (exact) mass is 526 g/mol. The zero-order chi connectivity index (χ0) is 21.5. The molecule has 1 saturated heterocycles. The molecule has 1 fully saturated rings. The molecule has 0 aromatic rings. The van der Waals surface area contributed by atoms with E-state index in [2.05, 4.69) is 24.1 Å². The van der Waals surface area contributed by atoms with Crippen LogP contribution >= 0.6 is 24.0 Å². The minimum absolute atomic E-state index is 0. The summed E-state index contributed by atoms with van der Waals surface area (Å²) in [6, 6.07) is 0. The number of halogens is 1. The number of nitrogens with one attached hydrogen (secondary N) is 1. The number of nitrogens with zero attached hydrogens (tertiary/aromatic N) is 3. The summed E-state index contributed by atoms with van der Waals surface area (Å²) in [5.41, 5.74) is -0.506. The predicted molar refractivity (Wildman–Crippen MR) is 126 cm³/mol. The van der Waals surface area contributed by atoms with Crippen molar-refractivity contribution in [2.45, 2.75) is 47.1 Å². The number of rotatable bonds is 6. The lowest BCUT2D eigenvalue weighted by Gasteiger charge is -2.26. The molecule has 1 rings (SSSR count). The van der Waals surface area contributed by atoms with E-state index in [4.69, 9.17) is 14.5 Å². The minimum atomic E-state index is -0.506. The van der Waals surface area contributed by atoms with Crippen LogP contribution in [0.4, 0.5) is 4.79 Å². The largest absolute Gasteiger partial charge is 0.469 e. The molecule has 0 saturated carbocycles. The highest BCUT2D eigenvalue weighted by molar-refractivity contribution is 14.0. The third-order valence-electron chi connectivity index (χ3n) is 4.59. The zero-order valence-corrected chi connectivity index (χ0v) is 21.5. The molecule has 3 unspecified atom stereocenters. The average molecular weight is 526 g/mol. The van der Waals surface area contributed by atoms with E-state index in [0.29, 0.717) is 19.6 Å². The fourth-order valence-corrected chi connectivity index (χ4v) is 3.21. The number of hydrogen-bond acceptors (Lipinski definition) is 5. The van der Waals surface area contributed by atoms with Gasteiger partial charge in [-0.3, -0.25) is 9.79 Å². The van der Waals surface area contributed by atoms with E-state index < -0.39 is 5.60 Å². The van der Waals surface area contributed by atoms with Gasteiger partial charge in [-0.05, 0) is 39.5 Å². The number of likely N-dealkylation sites (tertiary alicyclic amines) is 1. The molecule has 1 aliphatic rings. The molecule has 1 amide bonds. The second-order valence-electron chi connectivity index (χ2n) is 8.67. The van der Waals surface area contributed by atoms with Crippen LogP contribution in [0.15, 0.2) is 4.99 Å². The van der Waals surface area contributed by atoms with E-state index in [1.807, 2.05) is 27.7 Å². The fraction of sp³-hybridized carbons (Fsp3) is 0.850. The van der Waals surface area contributed by atoms with Gasteiger partial charge in [0, 0.05) is 39.8 Å². The Balaban J connectivity index is 0.00000784. The molecule has 9 heteroatoms. The molecule has 29 heavy (non-hydrogen) atoms. The number of aliphatic imine (C=N–C) groups is 1. The Hall–Kier alpha value is -1.26. The van der Waals surface area contributed by atoms with Gasteiger partial charge in [0.25, 0.3) is 0 Å². The van der Waals surface area contributed by atoms with E-state index in [1.54, 1.807) is 11.9 Å². The first-order valence-corrected chi connectivity index (χ1v) is 10.0. The minimum Gasteiger partial charge on any atom is -0.469 e. The van der Waals surface area contributed by atoms with E-state index in [1.165, 1.54) is 7.11 Å². The standard InChI is InChI=1S/C20H38N4O4.HI/c1-9-21-18(24-12-15(3)16(13-24)17(25)27-8)22-10-14(2)11-23(7)19(26)28-20(4,5)6;/h14-16H,9-13H2,1-8H3,(H,21,22);1H. The van der Waals surface area contributed by atoms with Gasteiger partial charge in [-0.2, -0.15) is 0 Å². The topological polar surface area (TPSA) is 83.5 Å². The predicted octanol–water partition coefficient (Wildman–Crippen LogP) is 2.81. The lowest BCUT2D eigenvalue weighted by Crippen LogP contribution is -2.41. The lowest BCUT2D eigenvalue weighted by molar-refractivity contribution is -0.145. The third kappa shape index (κ3) is 9.39. The van der Waals surface area contributed by atoms with Crippen molar-refractivity contribution >= 4 is 42.0 Å². The second kappa shape index (κ2) is 12.4. The first-order valence-electron chi connectivity index (χ1n) is 10.0. The number of hydrogen-bond donors (Lipinski definition) is 1. The van der Waals surface area contributed by atoms with Crippen molar-refractivity contribution < 1.29 is 19.1 Å². The molecule has 0 radical (unpaired) electrons. The highest BCUT2D eigenvalue weighted by Gasteiger charge is 2.36. The summed E-state index contributed by atoms with van der Waals surface area (Å²) in [4.78, 5) is 32.5. The Morgan fingerprint density at radius 2 is 1.93 bits per heavy atom. The fourth-order valence-electron chi connectivity index (χ4n) is 3.21. The van der Waals surface area contributed by atoms with Crippen molar-refractivity contribution in [3.8, 4) is 0 Å². The van der Waals surface area contributed by atoms with E-state index in [0.717, 1.165) is 19.0 Å². The first kappa shape index (κ1) is 27.7. The van der Waals surface area contributed by atoms with Crippen molar-refractivity contribution in [3.05, 3.63) is 0 Å². The van der Waals surface area contributed by atoms with E-state index in [-0.39, 0.29) is 53.8 Å². The second-order valence-corrected chi connectivity index (χ2v) is 8.67. The number of ether oxygens (including phenoxy) is 2. The summed E-state index contributed by atoms with van der Waals surface area (Å²) in [5, 5.41) is 3.30. The maximum Gasteiger partial charge on any atom is 0.410 e. The highest BCUT2D eigenvalue weighted by Crippen LogP contribution is 2.24. The smallest absolute Gasteiger partial charge is 0.410 e. The molecule has 170 valence electrons. The highest BCUT2D eigenvalue weighted by atomic mass is 127. The first-order chi connectivity index (χ1) is 13.0. The molecule has 0 spiro atoms. The zero-order valence-electron chi connectivity index (χ0n) is 19.2. The van der Waals surface area contributed by atoms with Crippen LogP contribution < -0.4 is 5.32 Å². The molecular weight excluding hydrogens is 487 g/mol. The Bertz CT molecular complexity index is 565. The van der Waals surface area contributed by atoms with Crippen LogP contribution in [0.1, 0.15) is 41.5 Å². The SMILES string of the molecule is CCNC(=NCC(C)CN(C)C(=O)OC(C)(C)C)N1CC(C)C(C(=O)OC)C1.I. The van der Waals surface area contributed by atoms with Crippen LogP contribution in [0.3, 0.4) is 0 Å². The van der Waals surface area contributed by atoms with Crippen molar-refractivity contribution in [1.29, 1.82) is 0 Å². The summed E-state index contributed by atoms with van der Waals surface area (Å²) in [6.07, 6.45) is -0.329. The Morgan fingerprint density at radius 1 is 1.31 bits per heavy atom. The van der Waals surface area contributed by atoms with Gasteiger partial charge < -0.3 is 24.6 Å². The van der Waals surface area contributed by atoms with E-state index >= 15 is 0 Å². The van der Waals surface area contributed by atoms with Crippen molar-refractivity contribution in [3.63, 3.8) is 0 Å². The molecular formula is C20H39IN4O4. The van der Waals surface area contributed by atoms with Gasteiger partial charge in [0.1, 0.15) is 5.60 Å². The average Bonchev–Trinajstić information content (AvgIpc) is 2.97. The summed E-state index contributed by atoms with van der Waals surface area (Å²) in [5.74, 6) is 0.880. The number of guanidine groups is 1. The van der Waals surface area contributed by atoms with Crippen LogP contribution in [-0.4, -0.2) is 80.3 Å². The van der Waals surface area contributed by atoms with Crippen LogP contribution in [0.5, 0.6) is 0 Å². The molecule has 1 heterocycles. The quantitative estimate of drug-likeness (QED) is 0.248. The van der Waals surface area contributed by atoms with E-state index in [9.17, 15) is 9.59 Å². The molecule has 1 N–H and O–H groups in total. The normalized spacial score (nSPS) is 20.6.